The average molecular weight is 410 g/mol. The Morgan fingerprint density at radius 1 is 1.15 bits per heavy atom. The largest absolute Gasteiger partial charge is 0.275 e. The predicted octanol–water partition coefficient (Wildman–Crippen LogP) is 2.98. The van der Waals surface area contributed by atoms with Crippen LogP contribution >= 0.6 is 35.0 Å². The maximum atomic E-state index is 12.2. The maximum Gasteiger partial charge on any atom is 0.269 e. The second-order valence-corrected chi connectivity index (χ2v) is 7.40. The number of benzene rings is 1. The predicted molar refractivity (Wildman–Crippen MR) is 100 cm³/mol. The molecular formula is C16H13Cl2N5O2S. The first-order valence-corrected chi connectivity index (χ1v) is 9.11. The zero-order chi connectivity index (χ0) is 18.7. The number of rotatable bonds is 4. The molecule has 2 heterocycles. The third kappa shape index (κ3) is 4.09. The summed E-state index contributed by atoms with van der Waals surface area (Å²) in [5, 5.41) is 8.72. The lowest BCUT2D eigenvalue weighted by atomic mass is 10.2. The zero-order valence-electron chi connectivity index (χ0n) is 13.4. The van der Waals surface area contributed by atoms with E-state index < -0.39 is 11.2 Å². The fourth-order valence-electron chi connectivity index (χ4n) is 2.08. The Balaban J connectivity index is 1.64. The summed E-state index contributed by atoms with van der Waals surface area (Å²) in [6, 6.07) is 10.1. The SMILES string of the molecule is C[C@H](Sc1nnc2c(Cl)cc(Cl)cn12)C(=O)NNC(=O)c1ccccc1. The third-order valence-electron chi connectivity index (χ3n) is 3.38. The summed E-state index contributed by atoms with van der Waals surface area (Å²) in [5.74, 6) is -0.785. The molecular weight excluding hydrogens is 397 g/mol. The van der Waals surface area contributed by atoms with Gasteiger partial charge in [-0.25, -0.2) is 0 Å². The van der Waals surface area contributed by atoms with Crippen LogP contribution in [0.5, 0.6) is 0 Å². The quantitative estimate of drug-likeness (QED) is 0.510. The number of hydrogen-bond donors (Lipinski definition) is 2. The van der Waals surface area contributed by atoms with Crippen LogP contribution in [0.3, 0.4) is 0 Å². The van der Waals surface area contributed by atoms with Gasteiger partial charge in [0.05, 0.1) is 15.3 Å². The topological polar surface area (TPSA) is 88.4 Å². The average Bonchev–Trinajstić information content (AvgIpc) is 3.03. The number of amides is 2. The number of carbonyl (C=O) groups is 2. The van der Waals surface area contributed by atoms with E-state index in [0.29, 0.717) is 26.4 Å². The molecule has 2 amide bonds. The molecule has 0 aliphatic heterocycles. The van der Waals surface area contributed by atoms with Crippen LogP contribution in [0.2, 0.25) is 10.0 Å². The van der Waals surface area contributed by atoms with Crippen LogP contribution in [-0.4, -0.2) is 31.7 Å². The fourth-order valence-corrected chi connectivity index (χ4v) is 3.41. The molecule has 26 heavy (non-hydrogen) atoms. The lowest BCUT2D eigenvalue weighted by molar-refractivity contribution is -0.121. The van der Waals surface area contributed by atoms with Crippen LogP contribution in [0.4, 0.5) is 0 Å². The minimum absolute atomic E-state index is 0.365. The summed E-state index contributed by atoms with van der Waals surface area (Å²) in [4.78, 5) is 24.2. The Morgan fingerprint density at radius 3 is 2.62 bits per heavy atom. The van der Waals surface area contributed by atoms with E-state index in [1.807, 2.05) is 0 Å². The molecule has 0 bridgehead atoms. The highest BCUT2D eigenvalue weighted by atomic mass is 35.5. The van der Waals surface area contributed by atoms with E-state index in [4.69, 9.17) is 23.2 Å². The standard InChI is InChI=1S/C16H13Cl2N5O2S/c1-9(14(24)20-21-15(25)10-5-3-2-4-6-10)26-16-22-19-13-12(18)7-11(17)8-23(13)16/h2-9H,1H3,(H,20,24)(H,21,25)/t9-/m0/s1. The lowest BCUT2D eigenvalue weighted by Crippen LogP contribution is -2.44. The van der Waals surface area contributed by atoms with Gasteiger partial charge in [-0.15, -0.1) is 10.2 Å². The van der Waals surface area contributed by atoms with Gasteiger partial charge in [-0.3, -0.25) is 24.8 Å². The van der Waals surface area contributed by atoms with Crippen molar-refractivity contribution in [3.8, 4) is 0 Å². The van der Waals surface area contributed by atoms with Crippen LogP contribution in [0.25, 0.3) is 5.65 Å². The van der Waals surface area contributed by atoms with E-state index in [2.05, 4.69) is 21.0 Å². The second kappa shape index (κ2) is 7.94. The summed E-state index contributed by atoms with van der Waals surface area (Å²) < 4.78 is 1.61. The molecule has 0 saturated carbocycles. The first-order valence-electron chi connectivity index (χ1n) is 7.47. The number of aromatic nitrogens is 3. The van der Waals surface area contributed by atoms with Gasteiger partial charge >= 0.3 is 0 Å². The fraction of sp³-hybridized carbons (Fsp3) is 0.125. The molecule has 0 aliphatic rings. The number of hydrazine groups is 1. The van der Waals surface area contributed by atoms with Gasteiger partial charge in [-0.1, -0.05) is 53.2 Å². The van der Waals surface area contributed by atoms with Gasteiger partial charge in [0.15, 0.2) is 10.8 Å². The van der Waals surface area contributed by atoms with Crippen molar-refractivity contribution in [3.63, 3.8) is 0 Å². The minimum Gasteiger partial charge on any atom is -0.275 e. The van der Waals surface area contributed by atoms with Crippen molar-refractivity contribution >= 4 is 52.4 Å². The number of nitrogens with zero attached hydrogens (tertiary/aromatic N) is 3. The number of nitrogens with one attached hydrogen (secondary N) is 2. The molecule has 2 aromatic heterocycles. The molecule has 0 aliphatic carbocycles. The number of thioether (sulfide) groups is 1. The van der Waals surface area contributed by atoms with Gasteiger partial charge < -0.3 is 0 Å². The molecule has 7 nitrogen and oxygen atoms in total. The van der Waals surface area contributed by atoms with Gasteiger partial charge in [0.1, 0.15) is 0 Å². The van der Waals surface area contributed by atoms with Gasteiger partial charge in [0, 0.05) is 11.8 Å². The summed E-state index contributed by atoms with van der Waals surface area (Å²) >= 11 is 13.2. The monoisotopic (exact) mass is 409 g/mol. The highest BCUT2D eigenvalue weighted by molar-refractivity contribution is 8.00. The van der Waals surface area contributed by atoms with Crippen LogP contribution in [0, 0.1) is 0 Å². The Kier molecular flexibility index (Phi) is 5.65. The highest BCUT2D eigenvalue weighted by Crippen LogP contribution is 2.27. The second-order valence-electron chi connectivity index (χ2n) is 5.25. The van der Waals surface area contributed by atoms with Gasteiger partial charge in [-0.2, -0.15) is 0 Å². The van der Waals surface area contributed by atoms with E-state index >= 15 is 0 Å². The Hall–Kier alpha value is -2.29. The number of pyridine rings is 1. The molecule has 3 aromatic rings. The molecule has 1 atom stereocenters. The normalized spacial score (nSPS) is 12.0. The Bertz CT molecular complexity index is 964. The number of hydrogen-bond acceptors (Lipinski definition) is 5. The van der Waals surface area contributed by atoms with Crippen LogP contribution in [0.15, 0.2) is 47.8 Å². The van der Waals surface area contributed by atoms with E-state index in [9.17, 15) is 9.59 Å². The van der Waals surface area contributed by atoms with Crippen molar-refractivity contribution in [1.82, 2.24) is 25.4 Å². The Morgan fingerprint density at radius 2 is 1.88 bits per heavy atom. The molecule has 10 heteroatoms. The molecule has 0 radical (unpaired) electrons. The zero-order valence-corrected chi connectivity index (χ0v) is 15.8. The smallest absolute Gasteiger partial charge is 0.269 e. The van der Waals surface area contributed by atoms with Crippen molar-refractivity contribution in [1.29, 1.82) is 0 Å². The highest BCUT2D eigenvalue weighted by Gasteiger charge is 2.19. The van der Waals surface area contributed by atoms with E-state index in [1.54, 1.807) is 53.9 Å². The molecule has 0 spiro atoms. The number of carbonyl (C=O) groups excluding carboxylic acids is 2. The summed E-state index contributed by atoms with van der Waals surface area (Å²) in [7, 11) is 0. The third-order valence-corrected chi connectivity index (χ3v) is 4.92. The first-order chi connectivity index (χ1) is 12.5. The van der Waals surface area contributed by atoms with Crippen molar-refractivity contribution in [2.75, 3.05) is 0 Å². The molecule has 0 fully saturated rings. The lowest BCUT2D eigenvalue weighted by Gasteiger charge is -2.12. The maximum absolute atomic E-state index is 12.2. The van der Waals surface area contributed by atoms with Crippen LogP contribution in [0.1, 0.15) is 17.3 Å². The Labute approximate surface area is 163 Å². The first kappa shape index (κ1) is 18.5. The van der Waals surface area contributed by atoms with E-state index in [-0.39, 0.29) is 5.91 Å². The molecule has 2 N–H and O–H groups in total. The van der Waals surface area contributed by atoms with Gasteiger partial charge in [0.2, 0.25) is 0 Å². The summed E-state index contributed by atoms with van der Waals surface area (Å²) in [6.07, 6.45) is 1.62. The van der Waals surface area contributed by atoms with Gasteiger partial charge in [0.25, 0.3) is 11.8 Å². The number of halogens is 2. The molecule has 3 rings (SSSR count). The van der Waals surface area contributed by atoms with Crippen molar-refractivity contribution in [2.45, 2.75) is 17.3 Å². The van der Waals surface area contributed by atoms with Crippen molar-refractivity contribution in [2.24, 2.45) is 0 Å². The molecule has 134 valence electrons. The van der Waals surface area contributed by atoms with Crippen LogP contribution in [-0.2, 0) is 4.79 Å². The number of fused-ring (bicyclic) bond motifs is 1. The van der Waals surface area contributed by atoms with E-state index in [0.717, 1.165) is 11.8 Å². The van der Waals surface area contributed by atoms with Crippen molar-refractivity contribution in [3.05, 3.63) is 58.2 Å². The van der Waals surface area contributed by atoms with Gasteiger partial charge in [-0.05, 0) is 25.1 Å². The van der Waals surface area contributed by atoms with E-state index in [1.165, 1.54) is 0 Å². The van der Waals surface area contributed by atoms with Crippen molar-refractivity contribution < 1.29 is 9.59 Å². The minimum atomic E-state index is -0.545. The summed E-state index contributed by atoms with van der Waals surface area (Å²) in [6.45, 7) is 1.68. The summed E-state index contributed by atoms with van der Waals surface area (Å²) in [5.41, 5.74) is 5.67. The molecule has 1 aromatic carbocycles. The van der Waals surface area contributed by atoms with Crippen LogP contribution < -0.4 is 10.9 Å². The molecule has 0 unspecified atom stereocenters. The molecule has 0 saturated heterocycles.